The maximum Gasteiger partial charge on any atom is 0.251 e. The normalized spacial score (nSPS) is 11.9. The Labute approximate surface area is 101 Å². The molecule has 4 heteroatoms. The van der Waals surface area contributed by atoms with Crippen molar-refractivity contribution in [3.8, 4) is 0 Å². The van der Waals surface area contributed by atoms with E-state index in [-0.39, 0.29) is 11.0 Å². The van der Waals surface area contributed by atoms with Gasteiger partial charge in [-0.3, -0.25) is 9.59 Å². The molecule has 0 aromatic heterocycles. The Balaban J connectivity index is 2.65. The summed E-state index contributed by atoms with van der Waals surface area (Å²) in [5.41, 5.74) is 0.554. The van der Waals surface area contributed by atoms with Crippen LogP contribution in [0, 0.1) is 0 Å². The maximum absolute atomic E-state index is 11.7. The first-order chi connectivity index (χ1) is 7.65. The molecular formula is C12H15NO2S. The summed E-state index contributed by atoms with van der Waals surface area (Å²) in [6, 6.07) is 8.33. The van der Waals surface area contributed by atoms with Gasteiger partial charge in [0.1, 0.15) is 0 Å². The lowest BCUT2D eigenvalue weighted by Gasteiger charge is -2.14. The second-order valence-electron chi connectivity index (χ2n) is 3.52. The van der Waals surface area contributed by atoms with Crippen LogP contribution in [0.15, 0.2) is 30.3 Å². The van der Waals surface area contributed by atoms with Crippen LogP contribution < -0.4 is 5.32 Å². The number of thiol groups is 1. The van der Waals surface area contributed by atoms with Crippen LogP contribution in [0.25, 0.3) is 0 Å². The van der Waals surface area contributed by atoms with E-state index in [0.29, 0.717) is 12.0 Å². The highest BCUT2D eigenvalue weighted by Gasteiger charge is 2.17. The fourth-order valence-corrected chi connectivity index (χ4v) is 1.57. The molecule has 1 rings (SSSR count). The third-order valence-corrected chi connectivity index (χ3v) is 2.53. The Morgan fingerprint density at radius 2 is 1.94 bits per heavy atom. The van der Waals surface area contributed by atoms with Crippen molar-refractivity contribution in [3.05, 3.63) is 35.9 Å². The van der Waals surface area contributed by atoms with Gasteiger partial charge in [-0.1, -0.05) is 31.5 Å². The van der Waals surface area contributed by atoms with Crippen LogP contribution in [-0.4, -0.2) is 17.1 Å². The molecule has 16 heavy (non-hydrogen) atoms. The highest BCUT2D eigenvalue weighted by atomic mass is 32.1. The Bertz CT molecular complexity index is 365. The van der Waals surface area contributed by atoms with Crippen LogP contribution in [0.4, 0.5) is 0 Å². The molecule has 0 bridgehead atoms. The molecule has 1 atom stereocenters. The number of carbonyl (C=O) groups is 2. The Kier molecular flexibility index (Phi) is 5.05. The van der Waals surface area contributed by atoms with E-state index in [1.807, 2.05) is 13.0 Å². The number of hydrogen-bond donors (Lipinski definition) is 2. The van der Waals surface area contributed by atoms with Crippen LogP contribution in [0.1, 0.15) is 30.1 Å². The largest absolute Gasteiger partial charge is 0.341 e. The topological polar surface area (TPSA) is 46.2 Å². The molecule has 0 aliphatic rings. The zero-order chi connectivity index (χ0) is 12.0. The summed E-state index contributed by atoms with van der Waals surface area (Å²) in [5.74, 6) is -0.235. The molecule has 86 valence electrons. The molecule has 1 aromatic carbocycles. The van der Waals surface area contributed by atoms with E-state index in [0.717, 1.165) is 6.42 Å². The second kappa shape index (κ2) is 6.33. The van der Waals surface area contributed by atoms with E-state index in [4.69, 9.17) is 0 Å². The fraction of sp³-hybridized carbons (Fsp3) is 0.333. The SMILES string of the molecule is CCCC(NC(=O)c1ccccc1)C(=O)S. The van der Waals surface area contributed by atoms with Gasteiger partial charge in [0.2, 0.25) is 5.12 Å². The number of nitrogens with one attached hydrogen (secondary N) is 1. The third-order valence-electron chi connectivity index (χ3n) is 2.22. The third kappa shape index (κ3) is 3.70. The van der Waals surface area contributed by atoms with Gasteiger partial charge in [0.25, 0.3) is 5.91 Å². The minimum Gasteiger partial charge on any atom is -0.341 e. The van der Waals surface area contributed by atoms with E-state index < -0.39 is 6.04 Å². The summed E-state index contributed by atoms with van der Waals surface area (Å²) >= 11 is 3.76. The highest BCUT2D eigenvalue weighted by molar-refractivity contribution is 7.96. The molecule has 1 amide bonds. The highest BCUT2D eigenvalue weighted by Crippen LogP contribution is 2.04. The van der Waals surface area contributed by atoms with Crippen molar-refractivity contribution in [2.24, 2.45) is 0 Å². The molecule has 0 spiro atoms. The minimum atomic E-state index is -0.499. The Hall–Kier alpha value is -1.29. The van der Waals surface area contributed by atoms with E-state index >= 15 is 0 Å². The molecule has 0 saturated carbocycles. The predicted octanol–water partition coefficient (Wildman–Crippen LogP) is 2.04. The summed E-state index contributed by atoms with van der Waals surface area (Å²) in [6.45, 7) is 1.96. The average molecular weight is 237 g/mol. The van der Waals surface area contributed by atoms with Gasteiger partial charge in [-0.15, -0.1) is 12.6 Å². The second-order valence-corrected chi connectivity index (χ2v) is 3.96. The number of hydrogen-bond acceptors (Lipinski definition) is 2. The summed E-state index contributed by atoms with van der Waals surface area (Å²) in [5, 5.41) is 2.37. The van der Waals surface area contributed by atoms with Crippen LogP contribution in [-0.2, 0) is 4.79 Å². The fourth-order valence-electron chi connectivity index (χ4n) is 1.38. The van der Waals surface area contributed by atoms with Crippen molar-refractivity contribution in [2.45, 2.75) is 25.8 Å². The quantitative estimate of drug-likeness (QED) is 0.770. The van der Waals surface area contributed by atoms with Gasteiger partial charge in [-0.2, -0.15) is 0 Å². The molecule has 0 heterocycles. The summed E-state index contributed by atoms with van der Waals surface area (Å²) in [6.07, 6.45) is 1.44. The molecule has 1 N–H and O–H groups in total. The van der Waals surface area contributed by atoms with Crippen molar-refractivity contribution < 1.29 is 9.59 Å². The predicted molar refractivity (Wildman–Crippen MR) is 66.6 cm³/mol. The lowest BCUT2D eigenvalue weighted by Crippen LogP contribution is -2.38. The first kappa shape index (κ1) is 12.8. The van der Waals surface area contributed by atoms with E-state index in [1.165, 1.54) is 0 Å². The Morgan fingerprint density at radius 1 is 1.31 bits per heavy atom. The van der Waals surface area contributed by atoms with Crippen LogP contribution >= 0.6 is 12.6 Å². The molecule has 0 saturated heterocycles. The summed E-state index contributed by atoms with van der Waals surface area (Å²) in [4.78, 5) is 22.9. The standard InChI is InChI=1S/C12H15NO2S/c1-2-6-10(12(15)16)13-11(14)9-7-4-3-5-8-9/h3-5,7-8,10H,2,6H2,1H3,(H,13,14)(H,15,16). The molecule has 1 unspecified atom stereocenters. The van der Waals surface area contributed by atoms with Gasteiger partial charge in [0, 0.05) is 5.56 Å². The van der Waals surface area contributed by atoms with Crippen LogP contribution in [0.3, 0.4) is 0 Å². The number of benzene rings is 1. The van der Waals surface area contributed by atoms with Gasteiger partial charge in [-0.25, -0.2) is 0 Å². The number of carbonyl (C=O) groups excluding carboxylic acids is 2. The first-order valence-corrected chi connectivity index (χ1v) is 5.68. The monoisotopic (exact) mass is 237 g/mol. The smallest absolute Gasteiger partial charge is 0.251 e. The minimum absolute atomic E-state index is 0.235. The first-order valence-electron chi connectivity index (χ1n) is 5.24. The van der Waals surface area contributed by atoms with Gasteiger partial charge in [0.15, 0.2) is 0 Å². The number of amides is 1. The number of rotatable bonds is 5. The van der Waals surface area contributed by atoms with E-state index in [2.05, 4.69) is 17.9 Å². The zero-order valence-electron chi connectivity index (χ0n) is 9.14. The maximum atomic E-state index is 11.7. The van der Waals surface area contributed by atoms with Gasteiger partial charge >= 0.3 is 0 Å². The summed E-state index contributed by atoms with van der Waals surface area (Å²) in [7, 11) is 0. The molecule has 3 nitrogen and oxygen atoms in total. The lowest BCUT2D eigenvalue weighted by atomic mass is 10.1. The van der Waals surface area contributed by atoms with Crippen LogP contribution in [0.2, 0.25) is 0 Å². The zero-order valence-corrected chi connectivity index (χ0v) is 10.0. The van der Waals surface area contributed by atoms with E-state index in [9.17, 15) is 9.59 Å². The Morgan fingerprint density at radius 3 is 2.44 bits per heavy atom. The van der Waals surface area contributed by atoms with Gasteiger partial charge < -0.3 is 5.32 Å². The van der Waals surface area contributed by atoms with Gasteiger partial charge in [0.05, 0.1) is 6.04 Å². The average Bonchev–Trinajstić information content (AvgIpc) is 2.29. The van der Waals surface area contributed by atoms with Crippen molar-refractivity contribution in [1.29, 1.82) is 0 Å². The van der Waals surface area contributed by atoms with Crippen molar-refractivity contribution in [3.63, 3.8) is 0 Å². The summed E-state index contributed by atoms with van der Waals surface area (Å²) < 4.78 is 0. The van der Waals surface area contributed by atoms with Crippen molar-refractivity contribution in [2.75, 3.05) is 0 Å². The van der Waals surface area contributed by atoms with Crippen molar-refractivity contribution in [1.82, 2.24) is 5.32 Å². The molecule has 0 fully saturated rings. The molecule has 0 aliphatic carbocycles. The molecular weight excluding hydrogens is 222 g/mol. The molecule has 0 radical (unpaired) electrons. The molecule has 0 aliphatic heterocycles. The molecule has 1 aromatic rings. The lowest BCUT2D eigenvalue weighted by molar-refractivity contribution is -0.112. The van der Waals surface area contributed by atoms with Gasteiger partial charge in [-0.05, 0) is 18.6 Å². The van der Waals surface area contributed by atoms with Crippen molar-refractivity contribution >= 4 is 23.7 Å². The van der Waals surface area contributed by atoms with E-state index in [1.54, 1.807) is 24.3 Å². The van der Waals surface area contributed by atoms with Crippen LogP contribution in [0.5, 0.6) is 0 Å².